The molecular weight excluding hydrogens is 300 g/mol. The quantitative estimate of drug-likeness (QED) is 0.587. The van der Waals surface area contributed by atoms with Crippen molar-refractivity contribution in [1.82, 2.24) is 9.62 Å². The molecule has 2 atom stereocenters. The predicted octanol–water partition coefficient (Wildman–Crippen LogP) is 1.93. The van der Waals surface area contributed by atoms with Crippen LogP contribution in [0.1, 0.15) is 38.2 Å². The van der Waals surface area contributed by atoms with Crippen LogP contribution in [0.25, 0.3) is 0 Å². The summed E-state index contributed by atoms with van der Waals surface area (Å²) in [6.45, 7) is 2.44. The number of rotatable bonds is 8. The predicted molar refractivity (Wildman–Crippen MR) is 86.0 cm³/mol. The number of hydrogen-bond acceptors (Lipinski definition) is 3. The maximum absolute atomic E-state index is 12.4. The molecule has 1 N–H and O–H groups in total. The van der Waals surface area contributed by atoms with E-state index in [4.69, 9.17) is 0 Å². The fraction of sp³-hybridized carbons (Fsp3) is 0.562. The summed E-state index contributed by atoms with van der Waals surface area (Å²) in [5.41, 5.74) is 1.16. The molecule has 2 rings (SSSR count). The summed E-state index contributed by atoms with van der Waals surface area (Å²) in [4.78, 5) is 11.7. The molecule has 1 heterocycles. The zero-order valence-electron chi connectivity index (χ0n) is 13.2. The van der Waals surface area contributed by atoms with E-state index < -0.39 is 16.1 Å². The summed E-state index contributed by atoms with van der Waals surface area (Å²) >= 11 is 0. The van der Waals surface area contributed by atoms with E-state index in [-0.39, 0.29) is 17.3 Å². The van der Waals surface area contributed by atoms with Crippen molar-refractivity contribution in [2.45, 2.75) is 50.0 Å². The number of nitrogens with zero attached hydrogens (tertiary/aromatic N) is 1. The molecular formula is C16H24N2O3S. The topological polar surface area (TPSA) is 66.2 Å². The van der Waals surface area contributed by atoms with E-state index in [0.29, 0.717) is 0 Å². The number of amides is 1. The van der Waals surface area contributed by atoms with Crippen molar-refractivity contribution in [2.24, 2.45) is 0 Å². The molecule has 0 aromatic heterocycles. The Labute approximate surface area is 132 Å². The summed E-state index contributed by atoms with van der Waals surface area (Å²) in [5, 5.41) is 2.48. The largest absolute Gasteiger partial charge is 0.358 e. The molecule has 0 spiro atoms. The van der Waals surface area contributed by atoms with Crippen molar-refractivity contribution >= 4 is 15.9 Å². The van der Waals surface area contributed by atoms with Crippen LogP contribution in [0.5, 0.6) is 0 Å². The summed E-state index contributed by atoms with van der Waals surface area (Å²) < 4.78 is 26.0. The Kier molecular flexibility index (Phi) is 5.58. The Hall–Kier alpha value is -1.40. The van der Waals surface area contributed by atoms with Gasteiger partial charge < -0.3 is 5.32 Å². The van der Waals surface area contributed by atoms with Crippen LogP contribution in [-0.4, -0.2) is 38.3 Å². The minimum atomic E-state index is -3.54. The average molecular weight is 324 g/mol. The molecule has 1 aliphatic rings. The Morgan fingerprint density at radius 2 is 1.91 bits per heavy atom. The van der Waals surface area contributed by atoms with Gasteiger partial charge in [-0.05, 0) is 30.5 Å². The first-order valence-corrected chi connectivity index (χ1v) is 9.27. The zero-order chi connectivity index (χ0) is 16.2. The lowest BCUT2D eigenvalue weighted by Gasteiger charge is -2.07. The molecule has 0 radical (unpaired) electrons. The van der Waals surface area contributed by atoms with Crippen LogP contribution in [0.4, 0.5) is 0 Å². The lowest BCUT2D eigenvalue weighted by atomic mass is 10.1. The Bertz CT molecular complexity index is 611. The number of carbonyl (C=O) groups is 1. The minimum absolute atomic E-state index is 0.254. The molecule has 1 aromatic rings. The average Bonchev–Trinajstić information content (AvgIpc) is 3.32. The number of unbranched alkanes of at least 4 members (excludes halogenated alkanes) is 3. The highest BCUT2D eigenvalue weighted by Crippen LogP contribution is 2.28. The summed E-state index contributed by atoms with van der Waals surface area (Å²) in [6.07, 6.45) is 5.76. The molecule has 122 valence electrons. The second kappa shape index (κ2) is 7.24. The second-order valence-electron chi connectivity index (χ2n) is 5.66. The first-order valence-electron chi connectivity index (χ1n) is 7.83. The van der Waals surface area contributed by atoms with Gasteiger partial charge in [0.05, 0.1) is 4.90 Å². The van der Waals surface area contributed by atoms with Gasteiger partial charge in [-0.25, -0.2) is 8.42 Å². The van der Waals surface area contributed by atoms with Gasteiger partial charge in [0, 0.05) is 13.6 Å². The van der Waals surface area contributed by atoms with Gasteiger partial charge in [-0.1, -0.05) is 38.3 Å². The van der Waals surface area contributed by atoms with Crippen molar-refractivity contribution in [3.05, 3.63) is 29.8 Å². The Morgan fingerprint density at radius 3 is 2.50 bits per heavy atom. The van der Waals surface area contributed by atoms with E-state index in [1.165, 1.54) is 30.6 Å². The second-order valence-corrected chi connectivity index (χ2v) is 7.55. The number of sulfonamides is 1. The number of likely N-dealkylation sites (N-methyl/N-ethyl adjacent to an activating group) is 1. The molecule has 1 amide bonds. The highest BCUT2D eigenvalue weighted by molar-refractivity contribution is 7.89. The number of aryl methyl sites for hydroxylation is 1. The molecule has 1 aliphatic heterocycles. The molecule has 0 saturated carbocycles. The van der Waals surface area contributed by atoms with Crippen molar-refractivity contribution in [3.63, 3.8) is 0 Å². The lowest BCUT2D eigenvalue weighted by Crippen LogP contribution is -2.28. The summed E-state index contributed by atoms with van der Waals surface area (Å²) in [7, 11) is -2.03. The molecule has 22 heavy (non-hydrogen) atoms. The van der Waals surface area contributed by atoms with Gasteiger partial charge in [-0.3, -0.25) is 4.79 Å². The van der Waals surface area contributed by atoms with Crippen LogP contribution in [0.3, 0.4) is 0 Å². The Balaban J connectivity index is 1.97. The monoisotopic (exact) mass is 324 g/mol. The molecule has 1 saturated heterocycles. The summed E-state index contributed by atoms with van der Waals surface area (Å²) in [6, 6.07) is 6.48. The third-order valence-electron chi connectivity index (χ3n) is 3.96. The lowest BCUT2D eigenvalue weighted by molar-refractivity contribution is -0.120. The van der Waals surface area contributed by atoms with E-state index in [1.807, 2.05) is 12.1 Å². The van der Waals surface area contributed by atoms with E-state index in [2.05, 4.69) is 12.2 Å². The van der Waals surface area contributed by atoms with E-state index >= 15 is 0 Å². The smallest absolute Gasteiger partial charge is 0.243 e. The minimum Gasteiger partial charge on any atom is -0.358 e. The van der Waals surface area contributed by atoms with Crippen LogP contribution in [0.2, 0.25) is 0 Å². The van der Waals surface area contributed by atoms with E-state index in [1.54, 1.807) is 12.1 Å². The number of carbonyl (C=O) groups excluding carboxylic acids is 1. The van der Waals surface area contributed by atoms with Gasteiger partial charge in [0.2, 0.25) is 15.9 Å². The summed E-state index contributed by atoms with van der Waals surface area (Å²) in [5.74, 6) is -0.254. The van der Waals surface area contributed by atoms with E-state index in [9.17, 15) is 13.2 Å². The standard InChI is InChI=1S/C16H24N2O3S/c1-3-4-5-6-7-13-8-10-14(11-9-13)22(20,21)18-12-15(18)16(19)17-2/h8-11,15H,3-7,12H2,1-2H3,(H,17,19). The highest BCUT2D eigenvalue weighted by Gasteiger charge is 2.48. The molecule has 1 fully saturated rings. The molecule has 5 nitrogen and oxygen atoms in total. The number of benzene rings is 1. The maximum Gasteiger partial charge on any atom is 0.243 e. The molecule has 0 bridgehead atoms. The van der Waals surface area contributed by atoms with Crippen molar-refractivity contribution in [3.8, 4) is 0 Å². The molecule has 2 unspecified atom stereocenters. The molecule has 1 aromatic carbocycles. The van der Waals surface area contributed by atoms with Crippen LogP contribution in [0, 0.1) is 0 Å². The van der Waals surface area contributed by atoms with Gasteiger partial charge in [0.1, 0.15) is 6.04 Å². The fourth-order valence-corrected chi connectivity index (χ4v) is 4.01. The zero-order valence-corrected chi connectivity index (χ0v) is 14.0. The Morgan fingerprint density at radius 1 is 1.23 bits per heavy atom. The van der Waals surface area contributed by atoms with Gasteiger partial charge in [0.25, 0.3) is 0 Å². The van der Waals surface area contributed by atoms with E-state index in [0.717, 1.165) is 18.4 Å². The van der Waals surface area contributed by atoms with Crippen LogP contribution in [-0.2, 0) is 21.2 Å². The van der Waals surface area contributed by atoms with Crippen LogP contribution < -0.4 is 5.32 Å². The number of hydrogen-bond donors (Lipinski definition) is 1. The van der Waals surface area contributed by atoms with Gasteiger partial charge in [-0.15, -0.1) is 0 Å². The molecule has 0 aliphatic carbocycles. The third kappa shape index (κ3) is 3.87. The van der Waals surface area contributed by atoms with Gasteiger partial charge in [-0.2, -0.15) is 4.31 Å². The van der Waals surface area contributed by atoms with Crippen molar-refractivity contribution in [2.75, 3.05) is 13.6 Å². The normalized spacial score (nSPS) is 20.6. The highest BCUT2D eigenvalue weighted by atomic mass is 32.2. The van der Waals surface area contributed by atoms with Gasteiger partial charge in [0.15, 0.2) is 0 Å². The number of nitrogens with one attached hydrogen (secondary N) is 1. The first kappa shape index (κ1) is 17.0. The van der Waals surface area contributed by atoms with Crippen molar-refractivity contribution < 1.29 is 13.2 Å². The van der Waals surface area contributed by atoms with Gasteiger partial charge >= 0.3 is 0 Å². The van der Waals surface area contributed by atoms with Crippen LogP contribution in [0.15, 0.2) is 29.2 Å². The fourth-order valence-electron chi connectivity index (χ4n) is 2.49. The van der Waals surface area contributed by atoms with Crippen LogP contribution >= 0.6 is 0 Å². The molecule has 6 heteroatoms. The SMILES string of the molecule is CCCCCCc1ccc(S(=O)(=O)N2CC2C(=O)NC)cc1. The first-order chi connectivity index (χ1) is 10.5. The van der Waals surface area contributed by atoms with Crippen molar-refractivity contribution in [1.29, 1.82) is 0 Å². The maximum atomic E-state index is 12.4. The third-order valence-corrected chi connectivity index (χ3v) is 5.85.